The summed E-state index contributed by atoms with van der Waals surface area (Å²) in [6, 6.07) is 14.9. The highest BCUT2D eigenvalue weighted by atomic mass is 16.5. The Labute approximate surface area is 157 Å². The molecular formula is C20H23N3O4. The fourth-order valence-corrected chi connectivity index (χ4v) is 2.37. The lowest BCUT2D eigenvalue weighted by atomic mass is 10.1. The van der Waals surface area contributed by atoms with Gasteiger partial charge in [-0.25, -0.2) is 4.68 Å². The second kappa shape index (κ2) is 8.66. The molecule has 1 aromatic heterocycles. The van der Waals surface area contributed by atoms with Crippen molar-refractivity contribution < 1.29 is 19.7 Å². The van der Waals surface area contributed by atoms with E-state index in [-0.39, 0.29) is 13.2 Å². The van der Waals surface area contributed by atoms with Crippen LogP contribution in [0.2, 0.25) is 0 Å². The predicted octanol–water partition coefficient (Wildman–Crippen LogP) is 2.45. The van der Waals surface area contributed by atoms with Crippen molar-refractivity contribution >= 4 is 0 Å². The van der Waals surface area contributed by atoms with E-state index in [0.717, 1.165) is 16.9 Å². The van der Waals surface area contributed by atoms with Gasteiger partial charge in [-0.3, -0.25) is 0 Å². The molecule has 0 aliphatic rings. The molecule has 0 amide bonds. The van der Waals surface area contributed by atoms with Crippen LogP contribution in [0.4, 0.5) is 0 Å². The second-order valence-electron chi connectivity index (χ2n) is 6.39. The van der Waals surface area contributed by atoms with Gasteiger partial charge in [-0.15, -0.1) is 5.10 Å². The smallest absolute Gasteiger partial charge is 0.119 e. The molecule has 0 saturated carbocycles. The third-order valence-corrected chi connectivity index (χ3v) is 3.73. The third kappa shape index (κ3) is 5.29. The van der Waals surface area contributed by atoms with E-state index in [1.54, 1.807) is 18.5 Å². The molecule has 2 atom stereocenters. The van der Waals surface area contributed by atoms with Crippen molar-refractivity contribution in [2.45, 2.75) is 26.1 Å². The fourth-order valence-electron chi connectivity index (χ4n) is 2.37. The van der Waals surface area contributed by atoms with E-state index in [1.165, 1.54) is 0 Å². The topological polar surface area (TPSA) is 89.6 Å². The van der Waals surface area contributed by atoms with E-state index in [2.05, 4.69) is 10.3 Å². The summed E-state index contributed by atoms with van der Waals surface area (Å²) in [6.07, 6.45) is 0.830. The first-order valence-electron chi connectivity index (χ1n) is 8.76. The fraction of sp³-hybridized carbons (Fsp3) is 0.300. The zero-order chi connectivity index (χ0) is 19.2. The number of hydrogen-bond donors (Lipinski definition) is 2. The summed E-state index contributed by atoms with van der Waals surface area (Å²) in [7, 11) is 0. The van der Waals surface area contributed by atoms with Crippen LogP contribution >= 0.6 is 0 Å². The highest BCUT2D eigenvalue weighted by molar-refractivity contribution is 5.59. The van der Waals surface area contributed by atoms with Crippen LogP contribution in [0.1, 0.15) is 13.8 Å². The first kappa shape index (κ1) is 18.9. The van der Waals surface area contributed by atoms with Crippen molar-refractivity contribution in [1.29, 1.82) is 0 Å². The lowest BCUT2D eigenvalue weighted by molar-refractivity contribution is 0.122. The van der Waals surface area contributed by atoms with Gasteiger partial charge in [-0.1, -0.05) is 5.21 Å². The Morgan fingerprint density at radius 3 is 1.89 bits per heavy atom. The Morgan fingerprint density at radius 2 is 1.37 bits per heavy atom. The number of hydrogen-bond acceptors (Lipinski definition) is 6. The Hall–Kier alpha value is -2.90. The molecule has 0 saturated heterocycles. The van der Waals surface area contributed by atoms with Gasteiger partial charge in [-0.05, 0) is 62.4 Å². The molecule has 0 spiro atoms. The number of benzene rings is 2. The van der Waals surface area contributed by atoms with Crippen molar-refractivity contribution in [2.24, 2.45) is 0 Å². The molecule has 7 nitrogen and oxygen atoms in total. The van der Waals surface area contributed by atoms with E-state index in [1.807, 2.05) is 54.7 Å². The molecule has 0 aliphatic heterocycles. The summed E-state index contributed by atoms with van der Waals surface area (Å²) in [6.45, 7) is 3.87. The summed E-state index contributed by atoms with van der Waals surface area (Å²) in [5.41, 5.74) is 2.52. The zero-order valence-electron chi connectivity index (χ0n) is 15.3. The van der Waals surface area contributed by atoms with E-state index in [0.29, 0.717) is 11.5 Å². The molecule has 0 radical (unpaired) electrons. The molecule has 0 bridgehead atoms. The van der Waals surface area contributed by atoms with Crippen molar-refractivity contribution in [2.75, 3.05) is 13.2 Å². The van der Waals surface area contributed by atoms with Gasteiger partial charge in [0.05, 0.1) is 24.1 Å². The van der Waals surface area contributed by atoms with Gasteiger partial charge in [0.25, 0.3) is 0 Å². The van der Waals surface area contributed by atoms with Crippen molar-refractivity contribution in [3.8, 4) is 28.4 Å². The monoisotopic (exact) mass is 369 g/mol. The summed E-state index contributed by atoms with van der Waals surface area (Å²) in [5, 5.41) is 26.9. The third-order valence-electron chi connectivity index (χ3n) is 3.73. The minimum Gasteiger partial charge on any atom is -0.491 e. The first-order valence-corrected chi connectivity index (χ1v) is 8.76. The predicted molar refractivity (Wildman–Crippen MR) is 101 cm³/mol. The molecule has 2 aromatic carbocycles. The summed E-state index contributed by atoms with van der Waals surface area (Å²) < 4.78 is 12.6. The SMILES string of the molecule is CC(O)COc1ccc(-c2cn(-c3ccc(OCC(C)O)cc3)nn2)cc1. The summed E-state index contributed by atoms with van der Waals surface area (Å²) in [5.74, 6) is 1.38. The maximum absolute atomic E-state index is 9.26. The zero-order valence-corrected chi connectivity index (χ0v) is 15.3. The maximum Gasteiger partial charge on any atom is 0.119 e. The van der Waals surface area contributed by atoms with Crippen LogP contribution < -0.4 is 9.47 Å². The first-order chi connectivity index (χ1) is 13.0. The number of aliphatic hydroxyl groups excluding tert-OH is 2. The molecule has 7 heteroatoms. The second-order valence-corrected chi connectivity index (χ2v) is 6.39. The minimum atomic E-state index is -0.508. The number of rotatable bonds is 8. The van der Waals surface area contributed by atoms with Gasteiger partial charge in [0, 0.05) is 5.56 Å². The Bertz CT molecular complexity index is 772. The molecule has 27 heavy (non-hydrogen) atoms. The van der Waals surface area contributed by atoms with Gasteiger partial charge in [0.1, 0.15) is 30.4 Å². The highest BCUT2D eigenvalue weighted by Crippen LogP contribution is 2.22. The molecule has 3 rings (SSSR count). The molecular weight excluding hydrogens is 346 g/mol. The molecule has 0 aliphatic carbocycles. The van der Waals surface area contributed by atoms with Gasteiger partial charge < -0.3 is 19.7 Å². The van der Waals surface area contributed by atoms with Crippen LogP contribution in [0, 0.1) is 0 Å². The summed E-state index contributed by atoms with van der Waals surface area (Å²) in [4.78, 5) is 0. The van der Waals surface area contributed by atoms with Gasteiger partial charge in [0.15, 0.2) is 0 Å². The average molecular weight is 369 g/mol. The molecule has 1 heterocycles. The van der Waals surface area contributed by atoms with E-state index >= 15 is 0 Å². The van der Waals surface area contributed by atoms with E-state index in [4.69, 9.17) is 9.47 Å². The van der Waals surface area contributed by atoms with Crippen molar-refractivity contribution in [1.82, 2.24) is 15.0 Å². The van der Waals surface area contributed by atoms with Crippen molar-refractivity contribution in [3.63, 3.8) is 0 Å². The van der Waals surface area contributed by atoms with Crippen molar-refractivity contribution in [3.05, 3.63) is 54.7 Å². The molecule has 2 N–H and O–H groups in total. The molecule has 0 fully saturated rings. The van der Waals surface area contributed by atoms with Crippen LogP contribution in [0.15, 0.2) is 54.7 Å². The number of ether oxygens (including phenoxy) is 2. The maximum atomic E-state index is 9.26. The molecule has 2 unspecified atom stereocenters. The van der Waals surface area contributed by atoms with Crippen LogP contribution in [0.3, 0.4) is 0 Å². The van der Waals surface area contributed by atoms with Crippen LogP contribution in [-0.4, -0.2) is 50.6 Å². The lowest BCUT2D eigenvalue weighted by Gasteiger charge is -2.08. The quantitative estimate of drug-likeness (QED) is 0.634. The normalized spacial score (nSPS) is 13.2. The van der Waals surface area contributed by atoms with Crippen LogP contribution in [-0.2, 0) is 0 Å². The lowest BCUT2D eigenvalue weighted by Crippen LogP contribution is -2.12. The van der Waals surface area contributed by atoms with Gasteiger partial charge in [-0.2, -0.15) is 0 Å². The van der Waals surface area contributed by atoms with Crippen LogP contribution in [0.5, 0.6) is 11.5 Å². The van der Waals surface area contributed by atoms with E-state index < -0.39 is 12.2 Å². The highest BCUT2D eigenvalue weighted by Gasteiger charge is 2.07. The largest absolute Gasteiger partial charge is 0.491 e. The number of aliphatic hydroxyl groups is 2. The Morgan fingerprint density at radius 1 is 0.852 bits per heavy atom. The number of nitrogens with zero attached hydrogens (tertiary/aromatic N) is 3. The molecule has 3 aromatic rings. The Balaban J connectivity index is 1.67. The van der Waals surface area contributed by atoms with E-state index in [9.17, 15) is 10.2 Å². The van der Waals surface area contributed by atoms with Crippen LogP contribution in [0.25, 0.3) is 16.9 Å². The van der Waals surface area contributed by atoms with Gasteiger partial charge >= 0.3 is 0 Å². The molecule has 142 valence electrons. The minimum absolute atomic E-state index is 0.254. The standard InChI is InChI=1S/C20H23N3O4/c1-14(24)12-26-18-7-3-16(4-8-18)20-11-23(22-21-20)17-5-9-19(10-6-17)27-13-15(2)25/h3-11,14-15,24-25H,12-13H2,1-2H3. The van der Waals surface area contributed by atoms with Gasteiger partial charge in [0.2, 0.25) is 0 Å². The summed E-state index contributed by atoms with van der Waals surface area (Å²) >= 11 is 0. The average Bonchev–Trinajstić information content (AvgIpc) is 3.15. The number of aromatic nitrogens is 3. The Kier molecular flexibility index (Phi) is 6.05.